The predicted molar refractivity (Wildman–Crippen MR) is 116 cm³/mol. The van der Waals surface area contributed by atoms with E-state index in [9.17, 15) is 0 Å². The summed E-state index contributed by atoms with van der Waals surface area (Å²) >= 11 is 1.39. The average molecular weight is 439 g/mol. The molecule has 0 aliphatic carbocycles. The number of aromatic nitrogens is 4. The van der Waals surface area contributed by atoms with Gasteiger partial charge in [0.1, 0.15) is 35.3 Å². The molecule has 2 N–H and O–H groups in total. The Morgan fingerprint density at radius 3 is 2.68 bits per heavy atom. The summed E-state index contributed by atoms with van der Waals surface area (Å²) in [4.78, 5) is 0. The molecule has 2 aromatic carbocycles. The van der Waals surface area contributed by atoms with E-state index in [1.807, 2.05) is 48.5 Å². The van der Waals surface area contributed by atoms with Crippen LogP contribution in [0.15, 0.2) is 64.3 Å². The van der Waals surface area contributed by atoms with E-state index in [1.54, 1.807) is 20.3 Å². The zero-order valence-corrected chi connectivity index (χ0v) is 17.8. The third-order valence-corrected chi connectivity index (χ3v) is 5.40. The third-order valence-electron chi connectivity index (χ3n) is 4.43. The molecule has 0 saturated carbocycles. The monoisotopic (exact) mass is 439 g/mol. The molecule has 31 heavy (non-hydrogen) atoms. The van der Waals surface area contributed by atoms with Crippen molar-refractivity contribution in [1.29, 1.82) is 0 Å². The maximum Gasteiger partial charge on any atom is 0.210 e. The molecular formula is C21H21N5O4S. The summed E-state index contributed by atoms with van der Waals surface area (Å²) in [6, 6.07) is 16.8. The van der Waals surface area contributed by atoms with Crippen molar-refractivity contribution in [3.63, 3.8) is 0 Å². The fourth-order valence-corrected chi connectivity index (χ4v) is 3.59. The topological polar surface area (TPSA) is 110 Å². The van der Waals surface area contributed by atoms with Crippen LogP contribution in [0.1, 0.15) is 11.6 Å². The number of rotatable bonds is 9. The van der Waals surface area contributed by atoms with Gasteiger partial charge >= 0.3 is 0 Å². The van der Waals surface area contributed by atoms with E-state index in [2.05, 4.69) is 15.4 Å². The molecule has 0 aliphatic rings. The zero-order valence-electron chi connectivity index (χ0n) is 17.0. The maximum absolute atomic E-state index is 6.13. The van der Waals surface area contributed by atoms with Gasteiger partial charge in [-0.05, 0) is 24.3 Å². The quantitative estimate of drug-likeness (QED) is 0.309. The first-order chi connectivity index (χ1) is 15.2. The second-order valence-corrected chi connectivity index (χ2v) is 7.35. The standard InChI is InChI=1S/C21H21N5O4S/c1-27-14-6-5-7-15(10-14)29-12-20-23-24-21(26(20)22)31-13-16-11-18(25-30-16)17-8-3-4-9-19(17)28-2/h3-11H,12-13,22H2,1-2H3. The first-order valence-electron chi connectivity index (χ1n) is 9.36. The number of thioether (sulfide) groups is 1. The van der Waals surface area contributed by atoms with Gasteiger partial charge in [0.05, 0.1) is 20.0 Å². The van der Waals surface area contributed by atoms with Gasteiger partial charge in [0.25, 0.3) is 0 Å². The van der Waals surface area contributed by atoms with Gasteiger partial charge in [0.2, 0.25) is 5.16 Å². The minimum Gasteiger partial charge on any atom is -0.497 e. The van der Waals surface area contributed by atoms with Crippen molar-refractivity contribution in [3.05, 3.63) is 66.2 Å². The molecule has 160 valence electrons. The Morgan fingerprint density at radius 1 is 1.00 bits per heavy atom. The van der Waals surface area contributed by atoms with Crippen molar-refractivity contribution in [1.82, 2.24) is 20.0 Å². The van der Waals surface area contributed by atoms with Gasteiger partial charge in [-0.1, -0.05) is 35.1 Å². The minimum absolute atomic E-state index is 0.178. The van der Waals surface area contributed by atoms with Crippen LogP contribution in [0.5, 0.6) is 17.2 Å². The number of para-hydroxylation sites is 1. The van der Waals surface area contributed by atoms with Crippen LogP contribution in [-0.4, -0.2) is 34.2 Å². The van der Waals surface area contributed by atoms with Gasteiger partial charge in [0, 0.05) is 17.7 Å². The Bertz CT molecular complexity index is 1160. The molecule has 0 fully saturated rings. The summed E-state index contributed by atoms with van der Waals surface area (Å²) in [5.74, 6) is 9.90. The molecule has 0 bridgehead atoms. The zero-order chi connectivity index (χ0) is 21.6. The lowest BCUT2D eigenvalue weighted by Gasteiger charge is -2.07. The number of hydrogen-bond donors (Lipinski definition) is 1. The highest BCUT2D eigenvalue weighted by Gasteiger charge is 2.15. The highest BCUT2D eigenvalue weighted by Crippen LogP contribution is 2.30. The maximum atomic E-state index is 6.13. The van der Waals surface area contributed by atoms with E-state index in [1.165, 1.54) is 16.4 Å². The van der Waals surface area contributed by atoms with Crippen molar-refractivity contribution >= 4 is 11.8 Å². The molecule has 2 heterocycles. The van der Waals surface area contributed by atoms with Crippen molar-refractivity contribution in [2.24, 2.45) is 0 Å². The molecule has 0 aliphatic heterocycles. The number of benzene rings is 2. The van der Waals surface area contributed by atoms with Crippen molar-refractivity contribution < 1.29 is 18.7 Å². The summed E-state index contributed by atoms with van der Waals surface area (Å²) in [6.45, 7) is 0.178. The van der Waals surface area contributed by atoms with E-state index in [0.717, 1.165) is 11.3 Å². The molecule has 2 aromatic heterocycles. The lowest BCUT2D eigenvalue weighted by atomic mass is 10.1. The first-order valence-corrected chi connectivity index (χ1v) is 10.3. The van der Waals surface area contributed by atoms with Crippen LogP contribution < -0.4 is 20.1 Å². The SMILES string of the molecule is COc1cccc(OCc2nnc(SCc3cc(-c4ccccc4OC)no3)n2N)c1. The number of methoxy groups -OCH3 is 2. The van der Waals surface area contributed by atoms with Crippen LogP contribution in [0.4, 0.5) is 0 Å². The lowest BCUT2D eigenvalue weighted by molar-refractivity contribution is 0.289. The molecular weight excluding hydrogens is 418 g/mol. The van der Waals surface area contributed by atoms with Gasteiger partial charge in [0.15, 0.2) is 5.82 Å². The molecule has 0 amide bonds. The molecule has 0 spiro atoms. The van der Waals surface area contributed by atoms with Gasteiger partial charge in [-0.3, -0.25) is 0 Å². The summed E-state index contributed by atoms with van der Waals surface area (Å²) in [5, 5.41) is 12.9. The van der Waals surface area contributed by atoms with Crippen LogP contribution >= 0.6 is 11.8 Å². The Labute approximate surface area is 183 Å². The fourth-order valence-electron chi connectivity index (χ4n) is 2.84. The Morgan fingerprint density at radius 2 is 1.84 bits per heavy atom. The van der Waals surface area contributed by atoms with Gasteiger partial charge in [-0.15, -0.1) is 10.2 Å². The summed E-state index contributed by atoms with van der Waals surface area (Å²) < 4.78 is 23.2. The number of hydrogen-bond acceptors (Lipinski definition) is 9. The highest BCUT2D eigenvalue weighted by molar-refractivity contribution is 7.98. The van der Waals surface area contributed by atoms with Gasteiger partial charge < -0.3 is 24.6 Å². The predicted octanol–water partition coefficient (Wildman–Crippen LogP) is 3.54. The summed E-state index contributed by atoms with van der Waals surface area (Å²) in [6.07, 6.45) is 0. The van der Waals surface area contributed by atoms with Crippen LogP contribution in [-0.2, 0) is 12.4 Å². The van der Waals surface area contributed by atoms with E-state index < -0.39 is 0 Å². The van der Waals surface area contributed by atoms with Crippen molar-refractivity contribution in [2.45, 2.75) is 17.5 Å². The smallest absolute Gasteiger partial charge is 0.210 e. The number of nitrogens with zero attached hydrogens (tertiary/aromatic N) is 4. The minimum atomic E-state index is 0.178. The highest BCUT2D eigenvalue weighted by atomic mass is 32.2. The molecule has 9 nitrogen and oxygen atoms in total. The molecule has 4 aromatic rings. The van der Waals surface area contributed by atoms with Gasteiger partial charge in [-0.2, -0.15) is 0 Å². The Balaban J connectivity index is 1.38. The van der Waals surface area contributed by atoms with E-state index in [4.69, 9.17) is 24.6 Å². The van der Waals surface area contributed by atoms with Crippen LogP contribution in [0, 0.1) is 0 Å². The normalized spacial score (nSPS) is 10.8. The molecule has 0 saturated heterocycles. The second-order valence-electron chi connectivity index (χ2n) is 6.40. The fraction of sp³-hybridized carbons (Fsp3) is 0.190. The van der Waals surface area contributed by atoms with Crippen molar-refractivity contribution in [3.8, 4) is 28.5 Å². The second kappa shape index (κ2) is 9.43. The van der Waals surface area contributed by atoms with E-state index >= 15 is 0 Å². The lowest BCUT2D eigenvalue weighted by Crippen LogP contribution is -2.15. The Kier molecular flexibility index (Phi) is 6.27. The molecule has 0 radical (unpaired) electrons. The number of nitrogens with two attached hydrogens (primary N) is 1. The van der Waals surface area contributed by atoms with Crippen LogP contribution in [0.2, 0.25) is 0 Å². The molecule has 4 rings (SSSR count). The average Bonchev–Trinajstić information content (AvgIpc) is 3.43. The first kappa shape index (κ1) is 20.6. The third kappa shape index (κ3) is 4.75. The van der Waals surface area contributed by atoms with Crippen LogP contribution in [0.25, 0.3) is 11.3 Å². The summed E-state index contributed by atoms with van der Waals surface area (Å²) in [7, 11) is 3.23. The van der Waals surface area contributed by atoms with Crippen molar-refractivity contribution in [2.75, 3.05) is 20.1 Å². The molecule has 0 atom stereocenters. The molecule has 0 unspecified atom stereocenters. The molecule has 10 heteroatoms. The van der Waals surface area contributed by atoms with E-state index in [-0.39, 0.29) is 6.61 Å². The van der Waals surface area contributed by atoms with Gasteiger partial charge in [-0.25, -0.2) is 4.68 Å². The number of ether oxygens (including phenoxy) is 3. The summed E-state index contributed by atoms with van der Waals surface area (Å²) in [5.41, 5.74) is 1.57. The Hall–Kier alpha value is -3.66. The number of nitrogen functional groups attached to an aromatic ring is 1. The van der Waals surface area contributed by atoms with Crippen LogP contribution in [0.3, 0.4) is 0 Å². The van der Waals surface area contributed by atoms with E-state index in [0.29, 0.717) is 39.7 Å². The largest absolute Gasteiger partial charge is 0.497 e.